The maximum Gasteiger partial charge on any atom is 0.328 e. The van der Waals surface area contributed by atoms with Gasteiger partial charge in [0.2, 0.25) is 16.2 Å². The zero-order chi connectivity index (χ0) is 34.0. The molecule has 19 heteroatoms. The highest BCUT2D eigenvalue weighted by Gasteiger charge is 2.21. The zero-order valence-corrected chi connectivity index (χ0v) is 26.7. The van der Waals surface area contributed by atoms with E-state index in [9.17, 15) is 33.0 Å². The van der Waals surface area contributed by atoms with Crippen molar-refractivity contribution in [1.29, 1.82) is 0 Å². The molecule has 6 N–H and O–H groups in total. The number of nitrogens with zero attached hydrogens (tertiary/aromatic N) is 4. The van der Waals surface area contributed by atoms with E-state index in [2.05, 4.69) is 25.9 Å². The summed E-state index contributed by atoms with van der Waals surface area (Å²) in [5.74, 6) is -1.24. The molecule has 0 radical (unpaired) electrons. The smallest absolute Gasteiger partial charge is 0.328 e. The average Bonchev–Trinajstić information content (AvgIpc) is 3.64. The molecule has 2 aromatic heterocycles. The molecule has 0 saturated heterocycles. The fraction of sp³-hybridized carbons (Fsp3) is 0.357. The van der Waals surface area contributed by atoms with Gasteiger partial charge in [0.15, 0.2) is 6.04 Å². The van der Waals surface area contributed by atoms with Gasteiger partial charge in [-0.25, -0.2) is 28.0 Å². The number of nitrogens with two attached hydrogens (primary N) is 1. The Labute approximate surface area is 272 Å². The first kappa shape index (κ1) is 35.2. The molecule has 0 spiro atoms. The largest absolute Gasteiger partial charge is 0.492 e. The van der Waals surface area contributed by atoms with Gasteiger partial charge in [0.1, 0.15) is 37.0 Å². The molecule has 2 atom stereocenters. The van der Waals surface area contributed by atoms with Gasteiger partial charge in [-0.1, -0.05) is 17.3 Å². The fourth-order valence-electron chi connectivity index (χ4n) is 4.02. The number of sulfonamides is 1. The number of amides is 2. The number of benzene rings is 2. The van der Waals surface area contributed by atoms with Crippen LogP contribution in [0.3, 0.4) is 0 Å². The van der Waals surface area contributed by atoms with E-state index in [1.54, 1.807) is 42.5 Å². The van der Waals surface area contributed by atoms with E-state index in [1.165, 1.54) is 17.8 Å². The van der Waals surface area contributed by atoms with Crippen LogP contribution in [0.15, 0.2) is 53.0 Å². The number of aliphatic hydroxyl groups excluding tert-OH is 1. The molecule has 1 unspecified atom stereocenters. The molecule has 2 heterocycles. The van der Waals surface area contributed by atoms with Gasteiger partial charge in [0.05, 0.1) is 48.7 Å². The lowest BCUT2D eigenvalue weighted by atomic mass is 10.2. The van der Waals surface area contributed by atoms with Crippen molar-refractivity contribution in [2.45, 2.75) is 49.6 Å². The van der Waals surface area contributed by atoms with Gasteiger partial charge < -0.3 is 35.1 Å². The molecule has 0 aliphatic carbocycles. The van der Waals surface area contributed by atoms with Gasteiger partial charge in [-0.05, 0) is 42.8 Å². The molecular formula is C28H33N7O10S2. The Morgan fingerprint density at radius 3 is 2.62 bits per heavy atom. The minimum atomic E-state index is -3.92. The van der Waals surface area contributed by atoms with Crippen molar-refractivity contribution in [3.05, 3.63) is 59.9 Å². The van der Waals surface area contributed by atoms with E-state index >= 15 is 0 Å². The van der Waals surface area contributed by atoms with Crippen LogP contribution in [-0.2, 0) is 48.9 Å². The molecular weight excluding hydrogens is 658 g/mol. The first-order valence-corrected chi connectivity index (χ1v) is 16.4. The maximum absolute atomic E-state index is 12.5. The van der Waals surface area contributed by atoms with Crippen LogP contribution in [0.1, 0.15) is 24.6 Å². The second-order valence-corrected chi connectivity index (χ2v) is 13.0. The number of thiazole rings is 1. The Morgan fingerprint density at radius 2 is 1.87 bits per heavy atom. The highest BCUT2D eigenvalue weighted by atomic mass is 32.2. The number of carbonyl (C=O) groups excluding carboxylic acids is 2. The second-order valence-electron chi connectivity index (χ2n) is 10.2. The summed E-state index contributed by atoms with van der Waals surface area (Å²) in [5.41, 5.74) is 1.55. The van der Waals surface area contributed by atoms with Crippen LogP contribution >= 0.6 is 11.3 Å². The predicted octanol–water partition coefficient (Wildman–Crippen LogP) is 0.166. The number of aliphatic hydroxyl groups is 1. The lowest BCUT2D eigenvalue weighted by Gasteiger charge is -2.15. The zero-order valence-electron chi connectivity index (χ0n) is 25.1. The molecule has 0 aliphatic rings. The topological polar surface area (TPSA) is 247 Å². The van der Waals surface area contributed by atoms with Crippen molar-refractivity contribution >= 4 is 49.4 Å². The molecule has 47 heavy (non-hydrogen) atoms. The van der Waals surface area contributed by atoms with E-state index in [0.717, 1.165) is 11.3 Å². The number of aromatic nitrogens is 4. The van der Waals surface area contributed by atoms with Gasteiger partial charge in [0.25, 0.3) is 10.0 Å². The van der Waals surface area contributed by atoms with Crippen LogP contribution in [0.25, 0.3) is 10.2 Å². The van der Waals surface area contributed by atoms with Crippen molar-refractivity contribution in [3.8, 4) is 11.5 Å². The number of hydrogen-bond acceptors (Lipinski definition) is 13. The summed E-state index contributed by atoms with van der Waals surface area (Å²) in [5, 5.41) is 36.8. The number of aliphatic carboxylic acids is 1. The Morgan fingerprint density at radius 1 is 1.09 bits per heavy atom. The number of carboxylic acids is 1. The number of carboxylic acid groups (broad SMARTS) is 1. The van der Waals surface area contributed by atoms with Gasteiger partial charge in [-0.15, -0.1) is 16.4 Å². The average molecular weight is 692 g/mol. The van der Waals surface area contributed by atoms with Crippen LogP contribution in [0.4, 0.5) is 0 Å². The van der Waals surface area contributed by atoms with Crippen LogP contribution < -0.4 is 25.2 Å². The molecule has 0 bridgehead atoms. The monoisotopic (exact) mass is 691 g/mol. The Bertz CT molecular complexity index is 1810. The third kappa shape index (κ3) is 11.3. The van der Waals surface area contributed by atoms with Crippen molar-refractivity contribution in [3.63, 3.8) is 0 Å². The number of fused-ring (bicyclic) bond motifs is 1. The summed E-state index contributed by atoms with van der Waals surface area (Å²) in [6.45, 7) is 1.42. The molecule has 0 fully saturated rings. The number of hydrogen-bond donors (Lipinski definition) is 5. The highest BCUT2D eigenvalue weighted by molar-refractivity contribution is 7.91. The van der Waals surface area contributed by atoms with Crippen molar-refractivity contribution in [1.82, 2.24) is 30.6 Å². The van der Waals surface area contributed by atoms with Gasteiger partial charge in [0, 0.05) is 0 Å². The third-order valence-corrected chi connectivity index (χ3v) is 8.46. The van der Waals surface area contributed by atoms with Crippen LogP contribution in [0.5, 0.6) is 11.5 Å². The van der Waals surface area contributed by atoms with Crippen LogP contribution in [-0.4, -0.2) is 88.3 Å². The van der Waals surface area contributed by atoms with E-state index < -0.39 is 34.0 Å². The minimum Gasteiger partial charge on any atom is -0.492 e. The van der Waals surface area contributed by atoms with E-state index in [4.69, 9.17) is 19.3 Å². The first-order chi connectivity index (χ1) is 22.4. The molecule has 0 saturated carbocycles. The van der Waals surface area contributed by atoms with Crippen molar-refractivity contribution in [2.75, 3.05) is 19.8 Å². The van der Waals surface area contributed by atoms with Gasteiger partial charge in [-0.3, -0.25) is 9.59 Å². The van der Waals surface area contributed by atoms with Gasteiger partial charge in [-0.2, -0.15) is 0 Å². The minimum absolute atomic E-state index is 0.00611. The number of carbonyl (C=O) groups is 3. The SMILES string of the molecule is C[C@H](O)CC(=O)NCCOc1cccc(COCC(NC(=O)Cn2cc(COc3ccc4nc(S(N)(=O)=O)sc4c3)nn2)C(=O)O)c1. The summed E-state index contributed by atoms with van der Waals surface area (Å²) >= 11 is 0.914. The van der Waals surface area contributed by atoms with E-state index in [1.807, 2.05) is 0 Å². The fourth-order valence-corrected chi connectivity index (χ4v) is 5.70. The first-order valence-electron chi connectivity index (χ1n) is 14.1. The summed E-state index contributed by atoms with van der Waals surface area (Å²) in [7, 11) is -3.92. The quantitative estimate of drug-likeness (QED) is 0.0874. The second kappa shape index (κ2) is 16.2. The molecule has 4 rings (SSSR count). The summed E-state index contributed by atoms with van der Waals surface area (Å²) in [6.07, 6.45) is 0.746. The normalized spacial score (nSPS) is 12.7. The number of rotatable bonds is 18. The molecule has 17 nitrogen and oxygen atoms in total. The lowest BCUT2D eigenvalue weighted by molar-refractivity contribution is -0.144. The number of primary sulfonamides is 1. The summed E-state index contributed by atoms with van der Waals surface area (Å²) in [6, 6.07) is 10.4. The summed E-state index contributed by atoms with van der Waals surface area (Å²) < 4.78 is 41.5. The van der Waals surface area contributed by atoms with Crippen molar-refractivity contribution < 1.29 is 47.2 Å². The van der Waals surface area contributed by atoms with Crippen molar-refractivity contribution in [2.24, 2.45) is 5.14 Å². The number of ether oxygens (including phenoxy) is 3. The number of nitrogens with one attached hydrogen (secondary N) is 2. The Balaban J connectivity index is 1.20. The maximum atomic E-state index is 12.5. The molecule has 252 valence electrons. The van der Waals surface area contributed by atoms with Crippen LogP contribution in [0, 0.1) is 0 Å². The molecule has 2 amide bonds. The third-order valence-electron chi connectivity index (χ3n) is 6.12. The highest BCUT2D eigenvalue weighted by Crippen LogP contribution is 2.28. The van der Waals surface area contributed by atoms with E-state index in [0.29, 0.717) is 33.0 Å². The van der Waals surface area contributed by atoms with Crippen LogP contribution in [0.2, 0.25) is 0 Å². The summed E-state index contributed by atoms with van der Waals surface area (Å²) in [4.78, 5) is 39.9. The lowest BCUT2D eigenvalue weighted by Crippen LogP contribution is -2.45. The molecule has 2 aromatic carbocycles. The molecule has 0 aliphatic heterocycles. The predicted molar refractivity (Wildman–Crippen MR) is 166 cm³/mol. The Kier molecular flexibility index (Phi) is 12.1. The standard InChI is InChI=1S/C28H33N7O10S2/c1-17(36)9-25(37)30-7-8-44-20-4-2-3-18(10-20)14-43-16-23(27(39)40)31-26(38)13-35-12-19(33-34-35)15-45-21-5-6-22-24(11-21)46-28(32-22)47(29,41)42/h2-6,10-12,17,23,36H,7-9,13-16H2,1H3,(H,30,37)(H,31,38)(H,39,40)(H2,29,41,42)/t17-,23?/m0/s1. The van der Waals surface area contributed by atoms with Gasteiger partial charge >= 0.3 is 5.97 Å². The Hall–Kier alpha value is -4.69. The van der Waals surface area contributed by atoms with E-state index in [-0.39, 0.29) is 56.2 Å². The molecule has 4 aromatic rings.